The first-order valence-electron chi connectivity index (χ1n) is 4.88. The van der Waals surface area contributed by atoms with Crippen molar-refractivity contribution in [3.05, 3.63) is 29.3 Å². The first-order valence-corrected chi connectivity index (χ1v) is 4.88. The summed E-state index contributed by atoms with van der Waals surface area (Å²) in [4.78, 5) is 17.4. The summed E-state index contributed by atoms with van der Waals surface area (Å²) in [5.74, 6) is 0.0880. The summed E-state index contributed by atoms with van der Waals surface area (Å²) in [6.45, 7) is 0.701. The van der Waals surface area contributed by atoms with E-state index < -0.39 is 0 Å². The molecule has 0 aliphatic carbocycles. The standard InChI is InChI=1S/C11H13N3O2/c1-14-6-8-4-3-7(10(15)16-2)5-9(8)13-11(14)12/h3-5H,6H2,1-2H3,(H2,12,13). The third-order valence-electron chi connectivity index (χ3n) is 2.54. The number of methoxy groups -OCH3 is 1. The van der Waals surface area contributed by atoms with Crippen LogP contribution in [0.1, 0.15) is 15.9 Å². The third kappa shape index (κ3) is 1.71. The van der Waals surface area contributed by atoms with Crippen LogP contribution in [0.3, 0.4) is 0 Å². The highest BCUT2D eigenvalue weighted by Crippen LogP contribution is 2.26. The summed E-state index contributed by atoms with van der Waals surface area (Å²) in [6, 6.07) is 5.30. The van der Waals surface area contributed by atoms with E-state index in [1.165, 1.54) is 7.11 Å². The number of hydrogen-bond donors (Lipinski definition) is 1. The number of nitrogens with two attached hydrogens (primary N) is 1. The SMILES string of the molecule is COC(=O)c1ccc2c(c1)N=C(N)N(C)C2. The van der Waals surface area contributed by atoms with Crippen LogP contribution in [0.25, 0.3) is 0 Å². The second-order valence-corrected chi connectivity index (χ2v) is 3.66. The van der Waals surface area contributed by atoms with Gasteiger partial charge >= 0.3 is 5.97 Å². The molecule has 5 heteroatoms. The normalized spacial score (nSPS) is 14.1. The zero-order valence-corrected chi connectivity index (χ0v) is 9.23. The van der Waals surface area contributed by atoms with Gasteiger partial charge in [0.1, 0.15) is 0 Å². The molecule has 0 radical (unpaired) electrons. The van der Waals surface area contributed by atoms with Crippen LogP contribution in [-0.4, -0.2) is 31.0 Å². The Labute approximate surface area is 93.5 Å². The molecule has 0 fully saturated rings. The third-order valence-corrected chi connectivity index (χ3v) is 2.54. The maximum absolute atomic E-state index is 11.3. The zero-order valence-electron chi connectivity index (χ0n) is 9.23. The van der Waals surface area contributed by atoms with Crippen molar-refractivity contribution in [2.24, 2.45) is 10.7 Å². The number of guanidine groups is 1. The van der Waals surface area contributed by atoms with Gasteiger partial charge in [-0.2, -0.15) is 0 Å². The Morgan fingerprint density at radius 3 is 3.00 bits per heavy atom. The molecule has 0 bridgehead atoms. The monoisotopic (exact) mass is 219 g/mol. The molecular formula is C11H13N3O2. The van der Waals surface area contributed by atoms with E-state index in [-0.39, 0.29) is 5.97 Å². The van der Waals surface area contributed by atoms with Gasteiger partial charge in [0, 0.05) is 13.6 Å². The van der Waals surface area contributed by atoms with Crippen molar-refractivity contribution < 1.29 is 9.53 Å². The van der Waals surface area contributed by atoms with Crippen LogP contribution < -0.4 is 5.73 Å². The van der Waals surface area contributed by atoms with E-state index >= 15 is 0 Å². The summed E-state index contributed by atoms with van der Waals surface area (Å²) < 4.78 is 4.65. The van der Waals surface area contributed by atoms with Crippen molar-refractivity contribution in [2.45, 2.75) is 6.54 Å². The molecule has 2 rings (SSSR count). The fraction of sp³-hybridized carbons (Fsp3) is 0.273. The number of benzene rings is 1. The summed E-state index contributed by atoms with van der Waals surface area (Å²) in [5, 5.41) is 0. The van der Waals surface area contributed by atoms with Crippen LogP contribution >= 0.6 is 0 Å². The van der Waals surface area contributed by atoms with Gasteiger partial charge in [-0.05, 0) is 17.7 Å². The molecule has 0 spiro atoms. The molecule has 2 N–H and O–H groups in total. The highest BCUT2D eigenvalue weighted by molar-refractivity contribution is 5.91. The average Bonchev–Trinajstić information content (AvgIpc) is 2.29. The van der Waals surface area contributed by atoms with Gasteiger partial charge in [-0.3, -0.25) is 0 Å². The van der Waals surface area contributed by atoms with E-state index in [0.29, 0.717) is 18.1 Å². The number of nitrogens with zero attached hydrogens (tertiary/aromatic N) is 2. The van der Waals surface area contributed by atoms with Gasteiger partial charge < -0.3 is 15.4 Å². The summed E-state index contributed by atoms with van der Waals surface area (Å²) in [7, 11) is 3.23. The van der Waals surface area contributed by atoms with Gasteiger partial charge in [0.25, 0.3) is 0 Å². The summed E-state index contributed by atoms with van der Waals surface area (Å²) in [6.07, 6.45) is 0. The Bertz CT molecular complexity index is 468. The molecule has 5 nitrogen and oxygen atoms in total. The topological polar surface area (TPSA) is 67.9 Å². The number of ether oxygens (including phenoxy) is 1. The van der Waals surface area contributed by atoms with Gasteiger partial charge in [0.2, 0.25) is 0 Å². The van der Waals surface area contributed by atoms with Crippen LogP contribution in [0.15, 0.2) is 23.2 Å². The second-order valence-electron chi connectivity index (χ2n) is 3.66. The Balaban J connectivity index is 2.42. The van der Waals surface area contributed by atoms with Crippen LogP contribution in [0.2, 0.25) is 0 Å². The molecule has 0 saturated heterocycles. The first kappa shape index (κ1) is 10.5. The van der Waals surface area contributed by atoms with Crippen LogP contribution in [0.4, 0.5) is 5.69 Å². The van der Waals surface area contributed by atoms with Crippen LogP contribution in [-0.2, 0) is 11.3 Å². The van der Waals surface area contributed by atoms with Crippen molar-refractivity contribution in [3.8, 4) is 0 Å². The number of esters is 1. The van der Waals surface area contributed by atoms with E-state index in [2.05, 4.69) is 9.73 Å². The Hall–Kier alpha value is -2.04. The lowest BCUT2D eigenvalue weighted by atomic mass is 10.1. The lowest BCUT2D eigenvalue weighted by Crippen LogP contribution is -2.35. The Kier molecular flexibility index (Phi) is 2.52. The molecule has 84 valence electrons. The van der Waals surface area contributed by atoms with Crippen LogP contribution in [0, 0.1) is 0 Å². The predicted octanol–water partition coefficient (Wildman–Crippen LogP) is 0.865. The van der Waals surface area contributed by atoms with Crippen molar-refractivity contribution in [3.63, 3.8) is 0 Å². The molecule has 0 saturated carbocycles. The lowest BCUT2D eigenvalue weighted by molar-refractivity contribution is 0.0600. The van der Waals surface area contributed by atoms with E-state index in [9.17, 15) is 4.79 Å². The largest absolute Gasteiger partial charge is 0.465 e. The van der Waals surface area contributed by atoms with Gasteiger partial charge in [0.05, 0.1) is 18.4 Å². The van der Waals surface area contributed by atoms with Crippen molar-refractivity contribution in [1.29, 1.82) is 0 Å². The van der Waals surface area contributed by atoms with Crippen LogP contribution in [0.5, 0.6) is 0 Å². The molecule has 1 aliphatic heterocycles. The minimum atomic E-state index is -0.365. The minimum absolute atomic E-state index is 0.365. The molecule has 1 aromatic rings. The predicted molar refractivity (Wildman–Crippen MR) is 60.5 cm³/mol. The number of hydrogen-bond acceptors (Lipinski definition) is 5. The minimum Gasteiger partial charge on any atom is -0.465 e. The fourth-order valence-corrected chi connectivity index (χ4v) is 1.59. The highest BCUT2D eigenvalue weighted by atomic mass is 16.5. The first-order chi connectivity index (χ1) is 7.61. The van der Waals surface area contributed by atoms with Gasteiger partial charge in [0.15, 0.2) is 5.96 Å². The number of carbonyl (C=O) groups is 1. The molecular weight excluding hydrogens is 206 g/mol. The van der Waals surface area contributed by atoms with E-state index in [1.54, 1.807) is 12.1 Å². The molecule has 0 atom stereocenters. The Morgan fingerprint density at radius 2 is 2.31 bits per heavy atom. The summed E-state index contributed by atoms with van der Waals surface area (Å²) in [5.41, 5.74) is 7.98. The smallest absolute Gasteiger partial charge is 0.337 e. The van der Waals surface area contributed by atoms with E-state index in [0.717, 1.165) is 11.3 Å². The molecule has 0 unspecified atom stereocenters. The second kappa shape index (κ2) is 3.84. The number of carbonyl (C=O) groups excluding carboxylic acids is 1. The highest BCUT2D eigenvalue weighted by Gasteiger charge is 2.16. The van der Waals surface area contributed by atoms with Gasteiger partial charge in [-0.15, -0.1) is 0 Å². The molecule has 0 amide bonds. The van der Waals surface area contributed by atoms with Gasteiger partial charge in [-0.1, -0.05) is 6.07 Å². The molecule has 0 aromatic heterocycles. The molecule has 1 aromatic carbocycles. The number of fused-ring (bicyclic) bond motifs is 1. The number of rotatable bonds is 1. The molecule has 1 heterocycles. The van der Waals surface area contributed by atoms with Crippen molar-refractivity contribution in [2.75, 3.05) is 14.2 Å². The quantitative estimate of drug-likeness (QED) is 0.711. The zero-order chi connectivity index (χ0) is 11.7. The van der Waals surface area contributed by atoms with Crippen molar-refractivity contribution >= 4 is 17.6 Å². The van der Waals surface area contributed by atoms with E-state index in [4.69, 9.17) is 5.73 Å². The lowest BCUT2D eigenvalue weighted by Gasteiger charge is -2.24. The maximum Gasteiger partial charge on any atom is 0.337 e. The maximum atomic E-state index is 11.3. The van der Waals surface area contributed by atoms with Crippen molar-refractivity contribution in [1.82, 2.24) is 4.90 Å². The fourth-order valence-electron chi connectivity index (χ4n) is 1.59. The van der Waals surface area contributed by atoms with Gasteiger partial charge in [-0.25, -0.2) is 9.79 Å². The molecule has 16 heavy (non-hydrogen) atoms. The average molecular weight is 219 g/mol. The Morgan fingerprint density at radius 1 is 1.56 bits per heavy atom. The number of aliphatic imine (C=N–C) groups is 1. The summed E-state index contributed by atoms with van der Waals surface area (Å²) >= 11 is 0. The van der Waals surface area contributed by atoms with E-state index in [1.807, 2.05) is 18.0 Å². The molecule has 1 aliphatic rings.